The van der Waals surface area contributed by atoms with Gasteiger partial charge in [-0.25, -0.2) is 4.79 Å². The van der Waals surface area contributed by atoms with Gasteiger partial charge < -0.3 is 21.1 Å². The Morgan fingerprint density at radius 3 is 2.62 bits per heavy atom. The van der Waals surface area contributed by atoms with Crippen LogP contribution in [0.2, 0.25) is 0 Å². The Kier molecular flexibility index (Phi) is 5.82. The highest BCUT2D eigenvalue weighted by Crippen LogP contribution is 1.93. The number of aliphatic carboxylic acids is 1. The van der Waals surface area contributed by atoms with Crippen LogP contribution in [0.3, 0.4) is 0 Å². The minimum atomic E-state index is -1.18. The van der Waals surface area contributed by atoms with Crippen LogP contribution >= 0.6 is 0 Å². The molecule has 13 heavy (non-hydrogen) atoms. The lowest BCUT2D eigenvalue weighted by atomic mass is 10.1. The van der Waals surface area contributed by atoms with E-state index in [0.717, 1.165) is 0 Å². The largest absolute Gasteiger partial charge is 0.635 e. The van der Waals surface area contributed by atoms with Gasteiger partial charge in [0.15, 0.2) is 6.04 Å². The molecule has 6 nitrogen and oxygen atoms in total. The third kappa shape index (κ3) is 5.15. The minimum Gasteiger partial charge on any atom is -0.635 e. The summed E-state index contributed by atoms with van der Waals surface area (Å²) in [4.78, 5) is 21.2. The molecule has 1 atom stereocenters. The molecule has 6 heteroatoms. The molecule has 0 saturated heterocycles. The summed E-state index contributed by atoms with van der Waals surface area (Å²) in [5.41, 5.74) is 0.349. The maximum atomic E-state index is 10.9. The topological polar surface area (TPSA) is 106 Å². The van der Waals surface area contributed by atoms with Gasteiger partial charge in [-0.15, -0.1) is 0 Å². The summed E-state index contributed by atoms with van der Waals surface area (Å²) in [5, 5.41) is 21.2. The Morgan fingerprint density at radius 1 is 1.62 bits per heavy atom. The van der Waals surface area contributed by atoms with Gasteiger partial charge in [0.1, 0.15) is 0 Å². The van der Waals surface area contributed by atoms with Crippen molar-refractivity contribution in [1.82, 2.24) is 5.32 Å². The molecule has 0 rings (SSSR count). The quantitative estimate of drug-likeness (QED) is 0.439. The van der Waals surface area contributed by atoms with Crippen molar-refractivity contribution in [1.29, 1.82) is 0 Å². The van der Waals surface area contributed by atoms with Crippen molar-refractivity contribution < 1.29 is 20.2 Å². The van der Waals surface area contributed by atoms with Crippen LogP contribution in [0, 0.1) is 5.21 Å². The van der Waals surface area contributed by atoms with E-state index in [2.05, 4.69) is 5.32 Å². The molecule has 0 bridgehead atoms. The highest BCUT2D eigenvalue weighted by Gasteiger charge is 2.18. The van der Waals surface area contributed by atoms with E-state index in [4.69, 9.17) is 5.11 Å². The number of nitrogens with one attached hydrogen (secondary N) is 1. The minimum absolute atomic E-state index is 0.0602. The van der Waals surface area contributed by atoms with Crippen molar-refractivity contribution in [2.24, 2.45) is 0 Å². The molecule has 4 N–H and O–H groups in total. The van der Waals surface area contributed by atoms with Gasteiger partial charge in [0.2, 0.25) is 5.91 Å². The Morgan fingerprint density at radius 2 is 2.23 bits per heavy atom. The van der Waals surface area contributed by atoms with Crippen molar-refractivity contribution in [2.75, 3.05) is 6.54 Å². The second-order valence-corrected chi connectivity index (χ2v) is 2.57. The summed E-state index contributed by atoms with van der Waals surface area (Å²) in [6, 6.07) is -1.07. The lowest BCUT2D eigenvalue weighted by Crippen LogP contribution is -2.86. The highest BCUT2D eigenvalue weighted by molar-refractivity contribution is 5.77. The number of carbonyl (C=O) groups excluding carboxylic acids is 1. The van der Waals surface area contributed by atoms with Crippen molar-refractivity contribution in [3.05, 3.63) is 5.21 Å². The van der Waals surface area contributed by atoms with Crippen LogP contribution in [0.25, 0.3) is 0 Å². The first-order chi connectivity index (χ1) is 6.11. The summed E-state index contributed by atoms with van der Waals surface area (Å²) in [5.74, 6) is -1.41. The van der Waals surface area contributed by atoms with Crippen LogP contribution in [-0.4, -0.2) is 29.6 Å². The van der Waals surface area contributed by atoms with Crippen molar-refractivity contribution in [3.63, 3.8) is 0 Å². The second-order valence-electron chi connectivity index (χ2n) is 2.57. The number of carbonyl (C=O) groups is 2. The van der Waals surface area contributed by atoms with Gasteiger partial charge in [0.05, 0.1) is 0 Å². The van der Waals surface area contributed by atoms with E-state index in [1.807, 2.05) is 0 Å². The number of quaternary nitrogens is 1. The molecular weight excluding hydrogens is 176 g/mol. The molecule has 0 aromatic rings. The predicted molar refractivity (Wildman–Crippen MR) is 44.6 cm³/mol. The zero-order valence-electron chi connectivity index (χ0n) is 7.45. The number of amides is 1. The molecule has 0 saturated carbocycles. The average molecular weight is 190 g/mol. The number of nitrogens with two attached hydrogens (primary N) is 1. The fourth-order valence-corrected chi connectivity index (χ4v) is 0.822. The maximum Gasteiger partial charge on any atom is 0.362 e. The molecule has 0 unspecified atom stereocenters. The van der Waals surface area contributed by atoms with Gasteiger partial charge in [-0.3, -0.25) is 4.79 Å². The number of carboxylic acid groups (broad SMARTS) is 1. The summed E-state index contributed by atoms with van der Waals surface area (Å²) in [7, 11) is 0. The number of hydrogen-bond acceptors (Lipinski definition) is 3. The highest BCUT2D eigenvalue weighted by atomic mass is 16.5. The van der Waals surface area contributed by atoms with Gasteiger partial charge in [-0.1, -0.05) is 0 Å². The molecular formula is C7H14N2O4. The zero-order chi connectivity index (χ0) is 10.3. The van der Waals surface area contributed by atoms with E-state index in [1.54, 1.807) is 6.92 Å². The SMILES string of the molecule is CCNC(=O)CC[C@H]([NH2+][O-])C(=O)O. The van der Waals surface area contributed by atoms with Crippen molar-refractivity contribution in [2.45, 2.75) is 25.8 Å². The van der Waals surface area contributed by atoms with E-state index in [9.17, 15) is 14.8 Å². The zero-order valence-corrected chi connectivity index (χ0v) is 7.45. The van der Waals surface area contributed by atoms with Crippen LogP contribution in [0.1, 0.15) is 19.8 Å². The summed E-state index contributed by atoms with van der Waals surface area (Å²) >= 11 is 0. The first-order valence-electron chi connectivity index (χ1n) is 4.06. The molecule has 76 valence electrons. The lowest BCUT2D eigenvalue weighted by Gasteiger charge is -2.11. The van der Waals surface area contributed by atoms with Crippen LogP contribution < -0.4 is 10.8 Å². The summed E-state index contributed by atoms with van der Waals surface area (Å²) in [6.45, 7) is 2.28. The smallest absolute Gasteiger partial charge is 0.362 e. The van der Waals surface area contributed by atoms with Gasteiger partial charge in [0.25, 0.3) is 0 Å². The molecule has 0 radical (unpaired) electrons. The monoisotopic (exact) mass is 190 g/mol. The first kappa shape index (κ1) is 11.9. The van der Waals surface area contributed by atoms with Crippen LogP contribution in [-0.2, 0) is 9.59 Å². The lowest BCUT2D eigenvalue weighted by molar-refractivity contribution is -0.615. The van der Waals surface area contributed by atoms with Crippen molar-refractivity contribution in [3.8, 4) is 0 Å². The second kappa shape index (κ2) is 6.38. The van der Waals surface area contributed by atoms with E-state index >= 15 is 0 Å². The van der Waals surface area contributed by atoms with Gasteiger partial charge in [0, 0.05) is 19.4 Å². The Hall–Kier alpha value is -1.14. The molecule has 0 aromatic heterocycles. The van der Waals surface area contributed by atoms with E-state index in [0.29, 0.717) is 12.0 Å². The predicted octanol–water partition coefficient (Wildman–Crippen LogP) is -1.58. The summed E-state index contributed by atoms with van der Waals surface area (Å²) in [6.07, 6.45) is 0.133. The van der Waals surface area contributed by atoms with Gasteiger partial charge in [-0.2, -0.15) is 0 Å². The van der Waals surface area contributed by atoms with Gasteiger partial charge >= 0.3 is 5.97 Å². The van der Waals surface area contributed by atoms with Crippen LogP contribution in [0.4, 0.5) is 0 Å². The molecule has 0 aliphatic rings. The van der Waals surface area contributed by atoms with E-state index in [-0.39, 0.29) is 18.7 Å². The molecule has 0 fully saturated rings. The third-order valence-corrected chi connectivity index (χ3v) is 1.54. The number of carboxylic acids is 1. The van der Waals surface area contributed by atoms with Crippen LogP contribution in [0.15, 0.2) is 0 Å². The summed E-state index contributed by atoms with van der Waals surface area (Å²) < 4.78 is 0. The number of hydroxylamine groups is 1. The molecule has 0 aliphatic carbocycles. The standard InChI is InChI=1S/C7H14N2O4/c1-2-8-6(10)4-3-5(9-13)7(11)12/h5H,2-4,9H2,1H3,(H,8,10)(H,11,12)/t5-/m0/s1. The molecule has 0 spiro atoms. The fraction of sp³-hybridized carbons (Fsp3) is 0.714. The van der Waals surface area contributed by atoms with E-state index in [1.165, 1.54) is 0 Å². The van der Waals surface area contributed by atoms with E-state index < -0.39 is 12.0 Å². The Balaban J connectivity index is 3.72. The first-order valence-corrected chi connectivity index (χ1v) is 4.06. The molecule has 0 heterocycles. The average Bonchev–Trinajstić information content (AvgIpc) is 2.05. The maximum absolute atomic E-state index is 10.9. The third-order valence-electron chi connectivity index (χ3n) is 1.54. The molecule has 0 aromatic carbocycles. The van der Waals surface area contributed by atoms with Crippen LogP contribution in [0.5, 0.6) is 0 Å². The Bertz CT molecular complexity index is 183. The number of rotatable bonds is 6. The molecule has 1 amide bonds. The molecule has 0 aliphatic heterocycles. The normalized spacial score (nSPS) is 12.2. The Labute approximate surface area is 75.9 Å². The fourth-order valence-electron chi connectivity index (χ4n) is 0.822. The van der Waals surface area contributed by atoms with Gasteiger partial charge in [-0.05, 0) is 6.92 Å². The number of hydrogen-bond donors (Lipinski definition) is 3. The van der Waals surface area contributed by atoms with Crippen molar-refractivity contribution >= 4 is 11.9 Å².